The number of nitrogens with one attached hydrogen (secondary N) is 1. The maximum atomic E-state index is 13.2. The number of imidazole rings is 1. The molecule has 1 N–H and O–H groups in total. The first-order chi connectivity index (χ1) is 16.1. The number of likely N-dealkylation sites (tertiary alicyclic amines) is 1. The normalized spacial score (nSPS) is 19.0. The molecule has 0 aromatic carbocycles. The fraction of sp³-hybridized carbons (Fsp3) is 0.429. The van der Waals surface area contributed by atoms with Gasteiger partial charge in [0, 0.05) is 24.6 Å². The predicted molar refractivity (Wildman–Crippen MR) is 111 cm³/mol. The van der Waals surface area contributed by atoms with Gasteiger partial charge in [0.15, 0.2) is 0 Å². The van der Waals surface area contributed by atoms with Crippen molar-refractivity contribution in [2.45, 2.75) is 44.5 Å². The summed E-state index contributed by atoms with van der Waals surface area (Å²) in [4.78, 5) is 26.7. The van der Waals surface area contributed by atoms with Gasteiger partial charge < -0.3 is 15.0 Å². The van der Waals surface area contributed by atoms with Gasteiger partial charge in [-0.3, -0.25) is 9.20 Å². The van der Waals surface area contributed by atoms with Crippen molar-refractivity contribution in [2.75, 3.05) is 18.4 Å². The van der Waals surface area contributed by atoms with E-state index >= 15 is 0 Å². The van der Waals surface area contributed by atoms with Crippen LogP contribution in [-0.4, -0.2) is 61.6 Å². The molecular formula is C21H21F5N6O2. The molecule has 1 saturated heterocycles. The highest BCUT2D eigenvalue weighted by Crippen LogP contribution is 2.28. The van der Waals surface area contributed by atoms with E-state index in [1.165, 1.54) is 40.0 Å². The summed E-state index contributed by atoms with van der Waals surface area (Å²) in [5.74, 6) is -0.607. The molecule has 8 nitrogen and oxygen atoms in total. The minimum absolute atomic E-state index is 0.00862. The van der Waals surface area contributed by atoms with Crippen LogP contribution in [0.1, 0.15) is 42.2 Å². The second-order valence-corrected chi connectivity index (χ2v) is 7.90. The number of anilines is 1. The first kappa shape index (κ1) is 23.6. The number of carbonyl (C=O) groups excluding carboxylic acids is 1. The van der Waals surface area contributed by atoms with Crippen LogP contribution in [0.4, 0.5) is 27.8 Å². The molecule has 1 fully saturated rings. The Morgan fingerprint density at radius 3 is 2.76 bits per heavy atom. The number of halogens is 5. The lowest BCUT2D eigenvalue weighted by atomic mass is 10.00. The summed E-state index contributed by atoms with van der Waals surface area (Å²) in [5.41, 5.74) is -0.165. The van der Waals surface area contributed by atoms with Crippen molar-refractivity contribution in [2.24, 2.45) is 0 Å². The number of rotatable bonds is 6. The molecule has 13 heteroatoms. The number of alkyl halides is 5. The molecule has 0 saturated carbocycles. The summed E-state index contributed by atoms with van der Waals surface area (Å²) in [6.07, 6.45) is -1.59. The molecule has 4 rings (SSSR count). The highest BCUT2D eigenvalue weighted by atomic mass is 19.4. The third-order valence-corrected chi connectivity index (χ3v) is 5.52. The van der Waals surface area contributed by atoms with Gasteiger partial charge in [-0.25, -0.2) is 23.7 Å². The van der Waals surface area contributed by atoms with Gasteiger partial charge in [-0.1, -0.05) is 0 Å². The van der Waals surface area contributed by atoms with Crippen molar-refractivity contribution in [1.82, 2.24) is 24.3 Å². The summed E-state index contributed by atoms with van der Waals surface area (Å²) in [7, 11) is 0. The van der Waals surface area contributed by atoms with Crippen LogP contribution in [0.25, 0.3) is 5.65 Å². The van der Waals surface area contributed by atoms with Crippen LogP contribution >= 0.6 is 0 Å². The van der Waals surface area contributed by atoms with Crippen molar-refractivity contribution < 1.29 is 31.5 Å². The van der Waals surface area contributed by atoms with Crippen molar-refractivity contribution in [1.29, 1.82) is 0 Å². The van der Waals surface area contributed by atoms with Crippen molar-refractivity contribution in [3.05, 3.63) is 48.2 Å². The van der Waals surface area contributed by atoms with Crippen LogP contribution in [0.3, 0.4) is 0 Å². The molecule has 34 heavy (non-hydrogen) atoms. The van der Waals surface area contributed by atoms with Crippen LogP contribution < -0.4 is 10.1 Å². The molecule has 0 radical (unpaired) electrons. The molecule has 3 aromatic heterocycles. The quantitative estimate of drug-likeness (QED) is 0.531. The Morgan fingerprint density at radius 1 is 1.24 bits per heavy atom. The molecule has 0 unspecified atom stereocenters. The average molecular weight is 484 g/mol. The monoisotopic (exact) mass is 484 g/mol. The first-order valence-electron chi connectivity index (χ1n) is 10.5. The highest BCUT2D eigenvalue weighted by Gasteiger charge is 2.33. The number of aromatic nitrogens is 4. The second-order valence-electron chi connectivity index (χ2n) is 7.90. The highest BCUT2D eigenvalue weighted by molar-refractivity contribution is 5.99. The Bertz CT molecular complexity index is 1170. The van der Waals surface area contributed by atoms with Crippen LogP contribution in [0, 0.1) is 0 Å². The van der Waals surface area contributed by atoms with Gasteiger partial charge in [0.25, 0.3) is 18.2 Å². The van der Waals surface area contributed by atoms with Crippen LogP contribution in [-0.2, 0) is 0 Å². The van der Waals surface area contributed by atoms with Gasteiger partial charge in [0.2, 0.25) is 5.65 Å². The van der Waals surface area contributed by atoms with Gasteiger partial charge in [-0.2, -0.15) is 13.2 Å². The van der Waals surface area contributed by atoms with Gasteiger partial charge in [-0.05, 0) is 31.9 Å². The maximum absolute atomic E-state index is 13.2. The zero-order chi connectivity index (χ0) is 24.5. The molecule has 1 aliphatic heterocycles. The van der Waals surface area contributed by atoms with E-state index in [0.29, 0.717) is 12.8 Å². The summed E-state index contributed by atoms with van der Waals surface area (Å²) < 4.78 is 71.4. The minimum Gasteiger partial charge on any atom is -0.470 e. The van der Waals surface area contributed by atoms with E-state index in [0.717, 1.165) is 6.20 Å². The second kappa shape index (κ2) is 9.39. The van der Waals surface area contributed by atoms with Crippen molar-refractivity contribution in [3.63, 3.8) is 0 Å². The lowest BCUT2D eigenvalue weighted by Gasteiger charge is -2.38. The standard InChI is InChI=1S/C21H21F5N6O2/c1-12-4-5-13(34-19-18-29-9-15(16(22)23)31(18)8-7-28-19)10-32(12)20(33)14-3-2-6-27-17(14)30-11-21(24,25)26/h2-3,6-9,12-13,16H,4-5,10-11H2,1H3,(H,27,30)/t12-,13-/m1/s1. The number of hydrogen-bond acceptors (Lipinski definition) is 6. The Hall–Kier alpha value is -3.51. The summed E-state index contributed by atoms with van der Waals surface area (Å²) in [6.45, 7) is 0.626. The largest absolute Gasteiger partial charge is 0.470 e. The average Bonchev–Trinajstić information content (AvgIpc) is 3.24. The molecule has 1 amide bonds. The van der Waals surface area contributed by atoms with Gasteiger partial charge in [-0.15, -0.1) is 0 Å². The minimum atomic E-state index is -4.47. The molecule has 3 aromatic rings. The summed E-state index contributed by atoms with van der Waals surface area (Å²) in [6, 6.07) is 2.67. The number of piperidine rings is 1. The van der Waals surface area contributed by atoms with E-state index in [4.69, 9.17) is 4.74 Å². The topological polar surface area (TPSA) is 84.7 Å². The van der Waals surface area contributed by atoms with Gasteiger partial charge >= 0.3 is 6.18 Å². The van der Waals surface area contributed by atoms with E-state index < -0.39 is 31.2 Å². The van der Waals surface area contributed by atoms with E-state index in [1.807, 2.05) is 6.92 Å². The zero-order valence-corrected chi connectivity index (χ0v) is 18.0. The Labute approximate surface area is 190 Å². The molecule has 0 aliphatic carbocycles. The number of ether oxygens (including phenoxy) is 1. The Kier molecular flexibility index (Phi) is 6.53. The third kappa shape index (κ3) is 5.02. The van der Waals surface area contributed by atoms with Gasteiger partial charge in [0.05, 0.1) is 18.3 Å². The number of hydrogen-bond donors (Lipinski definition) is 1. The van der Waals surface area contributed by atoms with E-state index in [1.54, 1.807) is 0 Å². The SMILES string of the molecule is C[C@@H]1CC[C@@H](Oc2nccn3c(C(F)F)cnc23)CN1C(=O)c1cccnc1NCC(F)(F)F. The van der Waals surface area contributed by atoms with E-state index in [-0.39, 0.29) is 41.2 Å². The van der Waals surface area contributed by atoms with Crippen LogP contribution in [0.2, 0.25) is 0 Å². The van der Waals surface area contributed by atoms with E-state index in [9.17, 15) is 26.7 Å². The fourth-order valence-electron chi connectivity index (χ4n) is 3.83. The molecule has 4 heterocycles. The van der Waals surface area contributed by atoms with Crippen molar-refractivity contribution >= 4 is 17.4 Å². The number of pyridine rings is 1. The Balaban J connectivity index is 1.52. The zero-order valence-electron chi connectivity index (χ0n) is 18.0. The molecule has 2 atom stereocenters. The lowest BCUT2D eigenvalue weighted by Crippen LogP contribution is -2.49. The lowest BCUT2D eigenvalue weighted by molar-refractivity contribution is -0.115. The molecule has 182 valence electrons. The third-order valence-electron chi connectivity index (χ3n) is 5.52. The predicted octanol–water partition coefficient (Wildman–Crippen LogP) is 4.11. The molecule has 1 aliphatic rings. The van der Waals surface area contributed by atoms with Crippen LogP contribution in [0.5, 0.6) is 5.88 Å². The number of amides is 1. The van der Waals surface area contributed by atoms with Gasteiger partial charge in [0.1, 0.15) is 24.2 Å². The first-order valence-corrected chi connectivity index (χ1v) is 10.5. The number of nitrogens with zero attached hydrogens (tertiary/aromatic N) is 5. The smallest absolute Gasteiger partial charge is 0.405 e. The maximum Gasteiger partial charge on any atom is 0.405 e. The fourth-order valence-corrected chi connectivity index (χ4v) is 3.83. The van der Waals surface area contributed by atoms with Crippen LogP contribution in [0.15, 0.2) is 36.9 Å². The van der Waals surface area contributed by atoms with E-state index in [2.05, 4.69) is 20.3 Å². The summed E-state index contributed by atoms with van der Waals surface area (Å²) in [5, 5.41) is 2.17. The summed E-state index contributed by atoms with van der Waals surface area (Å²) >= 11 is 0. The molecule has 0 bridgehead atoms. The number of carbonyl (C=O) groups is 1. The van der Waals surface area contributed by atoms with Crippen molar-refractivity contribution in [3.8, 4) is 5.88 Å². The molecule has 0 spiro atoms. The number of fused-ring (bicyclic) bond motifs is 1. The Morgan fingerprint density at radius 2 is 2.03 bits per heavy atom. The molecular weight excluding hydrogens is 463 g/mol.